The van der Waals surface area contributed by atoms with Gasteiger partial charge in [0, 0.05) is 25.0 Å². The summed E-state index contributed by atoms with van der Waals surface area (Å²) in [5.41, 5.74) is 0.925. The highest BCUT2D eigenvalue weighted by Crippen LogP contribution is 2.12. The van der Waals surface area contributed by atoms with E-state index < -0.39 is 0 Å². The van der Waals surface area contributed by atoms with Crippen LogP contribution in [0.3, 0.4) is 0 Å². The summed E-state index contributed by atoms with van der Waals surface area (Å²) < 4.78 is 10.1. The Bertz CT molecular complexity index is 352. The van der Waals surface area contributed by atoms with E-state index in [-0.39, 0.29) is 6.79 Å². The first-order chi connectivity index (χ1) is 7.36. The third-order valence-corrected chi connectivity index (χ3v) is 1.82. The van der Waals surface area contributed by atoms with Gasteiger partial charge in [-0.1, -0.05) is 17.9 Å². The molecule has 3 heteroatoms. The monoisotopic (exact) mass is 224 g/mol. The molecule has 0 atom stereocenters. The molecule has 0 aliphatic rings. The van der Waals surface area contributed by atoms with E-state index in [1.165, 1.54) is 0 Å². The Kier molecular flexibility index (Phi) is 5.69. The van der Waals surface area contributed by atoms with Crippen LogP contribution in [0.2, 0.25) is 0 Å². The van der Waals surface area contributed by atoms with Crippen molar-refractivity contribution >= 4 is 11.6 Å². The molecule has 0 aromatic heterocycles. The number of rotatable bonds is 4. The van der Waals surface area contributed by atoms with Crippen LogP contribution in [0, 0.1) is 11.8 Å². The van der Waals surface area contributed by atoms with Crippen molar-refractivity contribution < 1.29 is 9.47 Å². The molecule has 0 saturated heterocycles. The molecule has 0 spiro atoms. The first-order valence-electron chi connectivity index (χ1n) is 4.63. The zero-order valence-corrected chi connectivity index (χ0v) is 9.38. The van der Waals surface area contributed by atoms with Crippen molar-refractivity contribution in [2.24, 2.45) is 0 Å². The van der Waals surface area contributed by atoms with Gasteiger partial charge in [0.1, 0.15) is 5.75 Å². The van der Waals surface area contributed by atoms with Gasteiger partial charge in [-0.15, -0.1) is 11.6 Å². The molecule has 1 aromatic rings. The van der Waals surface area contributed by atoms with Crippen molar-refractivity contribution in [3.8, 4) is 17.6 Å². The molecule has 2 nitrogen and oxygen atoms in total. The van der Waals surface area contributed by atoms with E-state index in [0.717, 1.165) is 11.3 Å². The number of benzene rings is 1. The fourth-order valence-corrected chi connectivity index (χ4v) is 1.10. The molecule has 15 heavy (non-hydrogen) atoms. The van der Waals surface area contributed by atoms with Gasteiger partial charge >= 0.3 is 0 Å². The number of halogens is 1. The van der Waals surface area contributed by atoms with Gasteiger partial charge in [0.25, 0.3) is 0 Å². The van der Waals surface area contributed by atoms with Crippen molar-refractivity contribution in [1.29, 1.82) is 0 Å². The lowest BCUT2D eigenvalue weighted by Gasteiger charge is -2.03. The quantitative estimate of drug-likeness (QED) is 0.445. The van der Waals surface area contributed by atoms with Crippen molar-refractivity contribution in [2.45, 2.75) is 6.42 Å². The lowest BCUT2D eigenvalue weighted by molar-refractivity contribution is 0.0511. The Labute approximate surface area is 95.2 Å². The summed E-state index contributed by atoms with van der Waals surface area (Å²) >= 11 is 5.52. The average molecular weight is 225 g/mol. The molecule has 0 fully saturated rings. The van der Waals surface area contributed by atoms with Crippen LogP contribution >= 0.6 is 11.6 Å². The van der Waals surface area contributed by atoms with Gasteiger partial charge in [-0.05, 0) is 18.2 Å². The number of methoxy groups -OCH3 is 1. The molecule has 0 radical (unpaired) electrons. The van der Waals surface area contributed by atoms with Gasteiger partial charge in [-0.3, -0.25) is 0 Å². The summed E-state index contributed by atoms with van der Waals surface area (Å²) in [5.74, 6) is 7.29. The lowest BCUT2D eigenvalue weighted by atomic mass is 10.2. The second kappa shape index (κ2) is 7.17. The van der Waals surface area contributed by atoms with Gasteiger partial charge in [0.2, 0.25) is 0 Å². The van der Waals surface area contributed by atoms with Crippen LogP contribution in [0.25, 0.3) is 0 Å². The predicted molar refractivity (Wildman–Crippen MR) is 61.2 cm³/mol. The van der Waals surface area contributed by atoms with Crippen molar-refractivity contribution in [2.75, 3.05) is 19.8 Å². The average Bonchev–Trinajstić information content (AvgIpc) is 2.27. The summed E-state index contributed by atoms with van der Waals surface area (Å²) in [6, 6.07) is 7.57. The predicted octanol–water partition coefficient (Wildman–Crippen LogP) is 2.65. The van der Waals surface area contributed by atoms with Gasteiger partial charge in [0.05, 0.1) is 0 Å². The van der Waals surface area contributed by atoms with Crippen LogP contribution in [0.1, 0.15) is 12.0 Å². The van der Waals surface area contributed by atoms with Crippen LogP contribution in [-0.2, 0) is 4.74 Å². The molecule has 0 bridgehead atoms. The summed E-state index contributed by atoms with van der Waals surface area (Å²) in [6.45, 7) is 0.249. The van der Waals surface area contributed by atoms with E-state index in [0.29, 0.717) is 12.3 Å². The molecule has 0 N–H and O–H groups in total. The Hall–Kier alpha value is -1.17. The highest BCUT2D eigenvalue weighted by Gasteiger charge is 1.93. The topological polar surface area (TPSA) is 18.5 Å². The van der Waals surface area contributed by atoms with Crippen LogP contribution in [0.4, 0.5) is 0 Å². The van der Waals surface area contributed by atoms with Crippen LogP contribution in [-0.4, -0.2) is 19.8 Å². The fourth-order valence-electron chi connectivity index (χ4n) is 1.00. The van der Waals surface area contributed by atoms with E-state index in [4.69, 9.17) is 21.1 Å². The molecule has 0 amide bonds. The Morgan fingerprint density at radius 1 is 1.40 bits per heavy atom. The molecule has 80 valence electrons. The van der Waals surface area contributed by atoms with Crippen LogP contribution in [0.5, 0.6) is 5.75 Å². The normalized spacial score (nSPS) is 9.20. The Balaban J connectivity index is 2.62. The standard InChI is InChI=1S/C12H13ClO2/c1-14-10-15-12-7-4-6-11(9-12)5-2-3-8-13/h4,6-7,9H,3,8,10H2,1H3. The Morgan fingerprint density at radius 3 is 3.00 bits per heavy atom. The lowest BCUT2D eigenvalue weighted by Crippen LogP contribution is -1.98. The molecular weight excluding hydrogens is 212 g/mol. The summed E-state index contributed by atoms with van der Waals surface area (Å²) in [7, 11) is 1.59. The van der Waals surface area contributed by atoms with E-state index in [1.54, 1.807) is 7.11 Å². The molecule has 0 heterocycles. The largest absolute Gasteiger partial charge is 0.468 e. The molecular formula is C12H13ClO2. The van der Waals surface area contributed by atoms with Gasteiger partial charge in [-0.25, -0.2) is 0 Å². The number of hydrogen-bond acceptors (Lipinski definition) is 2. The van der Waals surface area contributed by atoms with Crippen molar-refractivity contribution in [3.63, 3.8) is 0 Å². The van der Waals surface area contributed by atoms with Gasteiger partial charge < -0.3 is 9.47 Å². The number of ether oxygens (including phenoxy) is 2. The van der Waals surface area contributed by atoms with Crippen LogP contribution in [0.15, 0.2) is 24.3 Å². The maximum absolute atomic E-state index is 5.52. The van der Waals surface area contributed by atoms with Crippen LogP contribution < -0.4 is 4.74 Å². The minimum atomic E-state index is 0.249. The van der Waals surface area contributed by atoms with Gasteiger partial charge in [-0.2, -0.15) is 0 Å². The first kappa shape index (κ1) is 11.9. The minimum absolute atomic E-state index is 0.249. The SMILES string of the molecule is COCOc1cccc(C#CCCCl)c1. The Morgan fingerprint density at radius 2 is 2.27 bits per heavy atom. The summed E-state index contributed by atoms with van der Waals surface area (Å²) in [6.07, 6.45) is 0.699. The second-order valence-corrected chi connectivity index (χ2v) is 3.20. The zero-order valence-electron chi connectivity index (χ0n) is 8.63. The second-order valence-electron chi connectivity index (χ2n) is 2.82. The third-order valence-electron chi connectivity index (χ3n) is 1.63. The molecule has 0 saturated carbocycles. The third kappa shape index (κ3) is 4.73. The van der Waals surface area contributed by atoms with E-state index in [2.05, 4.69) is 11.8 Å². The van der Waals surface area contributed by atoms with Crippen molar-refractivity contribution in [1.82, 2.24) is 0 Å². The molecule has 1 rings (SSSR count). The smallest absolute Gasteiger partial charge is 0.188 e. The molecule has 1 aromatic carbocycles. The van der Waals surface area contributed by atoms with Gasteiger partial charge in [0.15, 0.2) is 6.79 Å². The zero-order chi connectivity index (χ0) is 10.9. The summed E-state index contributed by atoms with van der Waals surface area (Å²) in [5, 5.41) is 0. The maximum Gasteiger partial charge on any atom is 0.188 e. The van der Waals surface area contributed by atoms with Crippen molar-refractivity contribution in [3.05, 3.63) is 29.8 Å². The van der Waals surface area contributed by atoms with E-state index >= 15 is 0 Å². The maximum atomic E-state index is 5.52. The highest BCUT2D eigenvalue weighted by molar-refractivity contribution is 6.18. The number of alkyl halides is 1. The highest BCUT2D eigenvalue weighted by atomic mass is 35.5. The first-order valence-corrected chi connectivity index (χ1v) is 5.17. The fraction of sp³-hybridized carbons (Fsp3) is 0.333. The molecule has 0 unspecified atom stereocenters. The molecule has 0 aliphatic carbocycles. The minimum Gasteiger partial charge on any atom is -0.468 e. The molecule has 0 aliphatic heterocycles. The van der Waals surface area contributed by atoms with E-state index in [9.17, 15) is 0 Å². The summed E-state index contributed by atoms with van der Waals surface area (Å²) in [4.78, 5) is 0. The van der Waals surface area contributed by atoms with E-state index in [1.807, 2.05) is 24.3 Å². The number of hydrogen-bond donors (Lipinski definition) is 0.